The minimum Gasteiger partial charge on any atom is -0.495 e. The van der Waals surface area contributed by atoms with E-state index in [1.54, 1.807) is 19.5 Å². The molecule has 1 aromatic carbocycles. The number of rotatable bonds is 4. The Kier molecular flexibility index (Phi) is 4.17. The number of hydrogen-bond acceptors (Lipinski definition) is 3. The molecule has 3 heteroatoms. The Bertz CT molecular complexity index is 535. The average Bonchev–Trinajstić information content (AvgIpc) is 2.46. The van der Waals surface area contributed by atoms with Crippen molar-refractivity contribution in [3.8, 4) is 5.75 Å². The van der Waals surface area contributed by atoms with Crippen LogP contribution in [0.1, 0.15) is 42.5 Å². The maximum atomic E-state index is 6.27. The van der Waals surface area contributed by atoms with Crippen LogP contribution in [0.15, 0.2) is 42.7 Å². The van der Waals surface area contributed by atoms with Gasteiger partial charge in [0.25, 0.3) is 0 Å². The van der Waals surface area contributed by atoms with E-state index in [4.69, 9.17) is 10.5 Å². The quantitative estimate of drug-likeness (QED) is 0.913. The van der Waals surface area contributed by atoms with Crippen LogP contribution in [0.5, 0.6) is 5.75 Å². The molecule has 0 aliphatic heterocycles. The summed E-state index contributed by atoms with van der Waals surface area (Å²) in [5.41, 5.74) is 9.63. The van der Waals surface area contributed by atoms with Gasteiger partial charge in [-0.25, -0.2) is 0 Å². The summed E-state index contributed by atoms with van der Waals surface area (Å²) in [5.74, 6) is 1.26. The molecule has 1 atom stereocenters. The van der Waals surface area contributed by atoms with Gasteiger partial charge in [-0.15, -0.1) is 0 Å². The number of nitrogens with two attached hydrogens (primary N) is 1. The highest BCUT2D eigenvalue weighted by molar-refractivity contribution is 5.35. The summed E-state index contributed by atoms with van der Waals surface area (Å²) in [6.07, 6.45) is 3.46. The number of nitrogens with zero attached hydrogens (tertiary/aromatic N) is 1. The lowest BCUT2D eigenvalue weighted by molar-refractivity contribution is 0.412. The van der Waals surface area contributed by atoms with E-state index in [1.807, 2.05) is 6.07 Å². The second-order valence-electron chi connectivity index (χ2n) is 4.96. The molecule has 0 saturated heterocycles. The normalized spacial score (nSPS) is 12.5. The zero-order valence-corrected chi connectivity index (χ0v) is 11.6. The van der Waals surface area contributed by atoms with Crippen molar-refractivity contribution in [1.29, 1.82) is 0 Å². The van der Waals surface area contributed by atoms with Crippen LogP contribution in [0.2, 0.25) is 0 Å². The first-order valence-corrected chi connectivity index (χ1v) is 6.46. The smallest absolute Gasteiger partial charge is 0.137 e. The molecule has 0 aliphatic carbocycles. The molecular weight excluding hydrogens is 236 g/mol. The van der Waals surface area contributed by atoms with Crippen LogP contribution in [0, 0.1) is 0 Å². The Balaban J connectivity index is 2.25. The van der Waals surface area contributed by atoms with Gasteiger partial charge in [0.15, 0.2) is 0 Å². The summed E-state index contributed by atoms with van der Waals surface area (Å²) < 4.78 is 5.17. The molecule has 0 fully saturated rings. The molecule has 0 bridgehead atoms. The van der Waals surface area contributed by atoms with E-state index < -0.39 is 0 Å². The third-order valence-corrected chi connectivity index (χ3v) is 3.29. The van der Waals surface area contributed by atoms with E-state index in [1.165, 1.54) is 5.56 Å². The van der Waals surface area contributed by atoms with Gasteiger partial charge in [0.05, 0.1) is 19.3 Å². The van der Waals surface area contributed by atoms with E-state index in [9.17, 15) is 0 Å². The summed E-state index contributed by atoms with van der Waals surface area (Å²) in [4.78, 5) is 4.14. The van der Waals surface area contributed by atoms with Crippen molar-refractivity contribution >= 4 is 0 Å². The zero-order chi connectivity index (χ0) is 13.8. The topological polar surface area (TPSA) is 48.1 Å². The lowest BCUT2D eigenvalue weighted by atomic mass is 9.96. The summed E-state index contributed by atoms with van der Waals surface area (Å²) >= 11 is 0. The summed E-state index contributed by atoms with van der Waals surface area (Å²) in [6, 6.07) is 10.2. The van der Waals surface area contributed by atoms with Gasteiger partial charge in [0, 0.05) is 6.20 Å². The second-order valence-corrected chi connectivity index (χ2v) is 4.96. The monoisotopic (exact) mass is 256 g/mol. The highest BCUT2D eigenvalue weighted by atomic mass is 16.5. The van der Waals surface area contributed by atoms with Gasteiger partial charge in [0.2, 0.25) is 0 Å². The van der Waals surface area contributed by atoms with Gasteiger partial charge >= 0.3 is 0 Å². The molecule has 0 aliphatic rings. The Morgan fingerprint density at radius 3 is 2.21 bits per heavy atom. The van der Waals surface area contributed by atoms with Gasteiger partial charge in [-0.3, -0.25) is 4.98 Å². The van der Waals surface area contributed by atoms with E-state index >= 15 is 0 Å². The summed E-state index contributed by atoms with van der Waals surface area (Å²) in [6.45, 7) is 4.36. The largest absolute Gasteiger partial charge is 0.495 e. The number of pyridine rings is 1. The first kappa shape index (κ1) is 13.6. The number of benzene rings is 1. The second kappa shape index (κ2) is 5.85. The summed E-state index contributed by atoms with van der Waals surface area (Å²) in [7, 11) is 1.63. The maximum absolute atomic E-state index is 6.27. The molecule has 1 unspecified atom stereocenters. The molecule has 2 rings (SSSR count). The zero-order valence-electron chi connectivity index (χ0n) is 11.6. The predicted octanol–water partition coefficient (Wildman–Crippen LogP) is 3.26. The van der Waals surface area contributed by atoms with Crippen LogP contribution in [0.3, 0.4) is 0 Å². The van der Waals surface area contributed by atoms with Crippen molar-refractivity contribution in [1.82, 2.24) is 4.98 Å². The molecule has 0 spiro atoms. The molecule has 0 amide bonds. The van der Waals surface area contributed by atoms with Gasteiger partial charge in [-0.1, -0.05) is 38.1 Å². The van der Waals surface area contributed by atoms with Crippen LogP contribution in [-0.2, 0) is 0 Å². The summed E-state index contributed by atoms with van der Waals surface area (Å²) in [5, 5.41) is 0. The minimum absolute atomic E-state index is 0.177. The van der Waals surface area contributed by atoms with Crippen molar-refractivity contribution in [2.75, 3.05) is 7.11 Å². The predicted molar refractivity (Wildman–Crippen MR) is 77.4 cm³/mol. The molecule has 0 saturated carbocycles. The lowest BCUT2D eigenvalue weighted by Crippen LogP contribution is -2.12. The van der Waals surface area contributed by atoms with E-state index in [0.29, 0.717) is 5.92 Å². The van der Waals surface area contributed by atoms with Gasteiger partial charge in [-0.05, 0) is 28.7 Å². The van der Waals surface area contributed by atoms with Gasteiger partial charge < -0.3 is 10.5 Å². The Morgan fingerprint density at radius 2 is 1.63 bits per heavy atom. The van der Waals surface area contributed by atoms with Crippen molar-refractivity contribution in [3.63, 3.8) is 0 Å². The van der Waals surface area contributed by atoms with Crippen LogP contribution in [0.4, 0.5) is 0 Å². The average molecular weight is 256 g/mol. The fourth-order valence-electron chi connectivity index (χ4n) is 2.00. The van der Waals surface area contributed by atoms with Crippen molar-refractivity contribution < 1.29 is 4.74 Å². The van der Waals surface area contributed by atoms with E-state index in [2.05, 4.69) is 43.1 Å². The molecule has 19 heavy (non-hydrogen) atoms. The van der Waals surface area contributed by atoms with Crippen LogP contribution in [-0.4, -0.2) is 12.1 Å². The standard InChI is InChI=1S/C16H20N2O/c1-11(2)12-4-6-13(7-5-12)16(17)14-8-15(19-3)10-18-9-14/h4-11,16H,17H2,1-3H3. The third-order valence-electron chi connectivity index (χ3n) is 3.29. The van der Waals surface area contributed by atoms with Gasteiger partial charge in [-0.2, -0.15) is 0 Å². The highest BCUT2D eigenvalue weighted by Gasteiger charge is 2.10. The molecule has 3 nitrogen and oxygen atoms in total. The van der Waals surface area contributed by atoms with Crippen LogP contribution >= 0.6 is 0 Å². The molecule has 1 aromatic heterocycles. The Morgan fingerprint density at radius 1 is 1.00 bits per heavy atom. The third kappa shape index (κ3) is 3.12. The van der Waals surface area contributed by atoms with Gasteiger partial charge in [0.1, 0.15) is 5.75 Å². The number of ether oxygens (including phenoxy) is 1. The highest BCUT2D eigenvalue weighted by Crippen LogP contribution is 2.23. The first-order valence-electron chi connectivity index (χ1n) is 6.46. The fraction of sp³-hybridized carbons (Fsp3) is 0.312. The molecule has 100 valence electrons. The van der Waals surface area contributed by atoms with Crippen LogP contribution in [0.25, 0.3) is 0 Å². The van der Waals surface area contributed by atoms with E-state index in [-0.39, 0.29) is 6.04 Å². The first-order chi connectivity index (χ1) is 9.11. The van der Waals surface area contributed by atoms with E-state index in [0.717, 1.165) is 16.9 Å². The van der Waals surface area contributed by atoms with Crippen molar-refractivity contribution in [3.05, 3.63) is 59.4 Å². The molecule has 1 heterocycles. The molecular formula is C16H20N2O. The van der Waals surface area contributed by atoms with Crippen molar-refractivity contribution in [2.24, 2.45) is 5.73 Å². The number of aromatic nitrogens is 1. The lowest BCUT2D eigenvalue weighted by Gasteiger charge is -2.14. The molecule has 2 aromatic rings. The molecule has 0 radical (unpaired) electrons. The SMILES string of the molecule is COc1cncc(C(N)c2ccc(C(C)C)cc2)c1. The Hall–Kier alpha value is -1.87. The fourth-order valence-corrected chi connectivity index (χ4v) is 2.00. The number of methoxy groups -OCH3 is 1. The Labute approximate surface area is 114 Å². The van der Waals surface area contributed by atoms with Crippen molar-refractivity contribution in [2.45, 2.75) is 25.8 Å². The minimum atomic E-state index is -0.177. The number of hydrogen-bond donors (Lipinski definition) is 1. The molecule has 2 N–H and O–H groups in total. The maximum Gasteiger partial charge on any atom is 0.137 e. The van der Waals surface area contributed by atoms with Crippen LogP contribution < -0.4 is 10.5 Å².